The van der Waals surface area contributed by atoms with Gasteiger partial charge in [-0.2, -0.15) is 10.4 Å². The maximum atomic E-state index is 15.8. The highest BCUT2D eigenvalue weighted by Gasteiger charge is 2.45. The fourth-order valence-electron chi connectivity index (χ4n) is 9.41. The predicted molar refractivity (Wildman–Crippen MR) is 228 cm³/mol. The zero-order valence-corrected chi connectivity index (χ0v) is 35.2. The number of aryl methyl sites for hydroxylation is 1. The van der Waals surface area contributed by atoms with Gasteiger partial charge in [0.15, 0.2) is 17.4 Å². The van der Waals surface area contributed by atoms with Crippen LogP contribution in [0.1, 0.15) is 86.9 Å². The molecule has 5 aromatic rings. The molecule has 3 amide bonds. The molecule has 14 nitrogen and oxygen atoms in total. The number of rotatable bonds is 10. The number of nitrogens with one attached hydrogen (secondary N) is 2. The van der Waals surface area contributed by atoms with E-state index in [1.54, 1.807) is 29.9 Å². The number of amides is 3. The quantitative estimate of drug-likeness (QED) is 0.131. The number of hydrogen-bond acceptors (Lipinski definition) is 12. The van der Waals surface area contributed by atoms with E-state index in [9.17, 15) is 14.9 Å². The fourth-order valence-corrected chi connectivity index (χ4v) is 9.97. The first-order valence-corrected chi connectivity index (χ1v) is 21.8. The maximum Gasteiger partial charge on any atom is 0.329 e. The van der Waals surface area contributed by atoms with E-state index >= 15 is 8.78 Å². The Kier molecular flexibility index (Phi) is 11.3. The molecule has 1 unspecified atom stereocenters. The second-order valence-corrected chi connectivity index (χ2v) is 17.6. The lowest BCUT2D eigenvalue weighted by Crippen LogP contribution is -2.49. The molecule has 4 fully saturated rings. The highest BCUT2D eigenvalue weighted by Crippen LogP contribution is 2.45. The van der Waals surface area contributed by atoms with Crippen LogP contribution in [0.25, 0.3) is 21.9 Å². The molecule has 1 aliphatic carbocycles. The zero-order valence-electron chi connectivity index (χ0n) is 34.4. The highest BCUT2D eigenvalue weighted by atomic mass is 32.2. The van der Waals surface area contributed by atoms with Crippen molar-refractivity contribution in [2.75, 3.05) is 49.5 Å². The molecule has 4 aliphatic rings. The van der Waals surface area contributed by atoms with Crippen molar-refractivity contribution >= 4 is 57.5 Å². The van der Waals surface area contributed by atoms with Crippen molar-refractivity contribution in [2.45, 2.75) is 81.8 Å². The number of carbonyl (C=O) groups is 2. The molecule has 0 radical (unpaired) electrons. The molecule has 3 saturated heterocycles. The van der Waals surface area contributed by atoms with Crippen LogP contribution in [0.2, 0.25) is 0 Å². The van der Waals surface area contributed by atoms with Gasteiger partial charge in [0.25, 0.3) is 0 Å². The van der Waals surface area contributed by atoms with Gasteiger partial charge < -0.3 is 19.1 Å². The number of piperidine rings is 1. The molecule has 2 N–H and O–H groups in total. The summed E-state index contributed by atoms with van der Waals surface area (Å²) in [5.74, 6) is -0.519. The normalized spacial score (nSPS) is 22.0. The zero-order chi connectivity index (χ0) is 42.4. The van der Waals surface area contributed by atoms with Crippen molar-refractivity contribution in [1.82, 2.24) is 34.3 Å². The number of nitriles is 1. The first-order valence-electron chi connectivity index (χ1n) is 21.0. The third kappa shape index (κ3) is 8.09. The van der Waals surface area contributed by atoms with Gasteiger partial charge in [-0.05, 0) is 99.9 Å². The molecule has 318 valence electrons. The number of fused-ring (bicyclic) bond motifs is 2. The molecule has 9 rings (SSSR count). The number of hydrogen-bond donors (Lipinski definition) is 2. The maximum absolute atomic E-state index is 15.8. The van der Waals surface area contributed by atoms with Gasteiger partial charge in [-0.1, -0.05) is 6.92 Å². The Labute approximate surface area is 356 Å². The minimum absolute atomic E-state index is 0.0711. The molecule has 1 spiro atoms. The van der Waals surface area contributed by atoms with Crippen molar-refractivity contribution in [2.24, 2.45) is 7.05 Å². The van der Waals surface area contributed by atoms with Crippen LogP contribution in [0, 0.1) is 23.0 Å². The van der Waals surface area contributed by atoms with Crippen molar-refractivity contribution in [3.8, 4) is 17.6 Å². The van der Waals surface area contributed by atoms with Crippen molar-refractivity contribution in [3.63, 3.8) is 0 Å². The van der Waals surface area contributed by atoms with Crippen LogP contribution in [-0.2, 0) is 16.6 Å². The van der Waals surface area contributed by atoms with Crippen molar-refractivity contribution in [1.29, 1.82) is 5.26 Å². The van der Waals surface area contributed by atoms with Crippen LogP contribution in [0.5, 0.6) is 11.5 Å². The van der Waals surface area contributed by atoms with Crippen molar-refractivity contribution in [3.05, 3.63) is 77.1 Å². The monoisotopic (exact) mass is 850 g/mol. The molecular weight excluding hydrogens is 803 g/mol. The topological polar surface area (TPSA) is 154 Å². The van der Waals surface area contributed by atoms with Crippen LogP contribution in [-0.4, -0.2) is 92.4 Å². The van der Waals surface area contributed by atoms with E-state index in [0.29, 0.717) is 51.9 Å². The Bertz CT molecular complexity index is 2550. The number of halogens is 2. The van der Waals surface area contributed by atoms with E-state index in [2.05, 4.69) is 26.1 Å². The Balaban J connectivity index is 0.811. The number of ether oxygens (including phenoxy) is 2. The summed E-state index contributed by atoms with van der Waals surface area (Å²) in [5.41, 5.74) is 3.89. The Morgan fingerprint density at radius 3 is 2.61 bits per heavy atom. The van der Waals surface area contributed by atoms with Crippen LogP contribution in [0.4, 0.5) is 25.1 Å². The summed E-state index contributed by atoms with van der Waals surface area (Å²) in [6.45, 7) is 5.41. The molecule has 1 saturated carbocycles. The van der Waals surface area contributed by atoms with Gasteiger partial charge in [-0.3, -0.25) is 24.7 Å². The van der Waals surface area contributed by atoms with E-state index in [1.807, 2.05) is 30.5 Å². The van der Waals surface area contributed by atoms with E-state index in [4.69, 9.17) is 19.4 Å². The molecule has 5 heterocycles. The number of anilines is 2. The van der Waals surface area contributed by atoms with Crippen molar-refractivity contribution < 1.29 is 27.8 Å². The number of benzene rings is 3. The molecule has 3 aromatic carbocycles. The average molecular weight is 851 g/mol. The molecule has 2 aromatic heterocycles. The molecule has 1 atom stereocenters. The van der Waals surface area contributed by atoms with Gasteiger partial charge in [0.05, 0.1) is 40.1 Å². The summed E-state index contributed by atoms with van der Waals surface area (Å²) in [4.78, 5) is 37.9. The number of imide groups is 1. The summed E-state index contributed by atoms with van der Waals surface area (Å²) >= 11 is 1.31. The minimum Gasteiger partial charge on any atom is -0.453 e. The Hall–Kier alpha value is -5.41. The van der Waals surface area contributed by atoms with E-state index in [1.165, 1.54) is 35.2 Å². The van der Waals surface area contributed by atoms with Crippen LogP contribution in [0.15, 0.2) is 48.7 Å². The summed E-state index contributed by atoms with van der Waals surface area (Å²) in [5, 5.41) is 17.4. The Morgan fingerprint density at radius 2 is 1.85 bits per heavy atom. The van der Waals surface area contributed by atoms with Crippen LogP contribution >= 0.6 is 12.1 Å². The predicted octanol–water partition coefficient (Wildman–Crippen LogP) is 7.90. The molecular formula is C44H48F2N10O4S. The van der Waals surface area contributed by atoms with Crippen LogP contribution < -0.4 is 19.7 Å². The SMILES string of the molecule is CCN(C)SNc1ccc(F)c(Oc2ccc3ncc(C4COC5(CCN(C6CCC(c7cc8c(cc7F)c(N7CCC(=O)NC7=O)nn8C)CC6)CC5)C4)nc3c2)c1C#N. The second-order valence-electron chi connectivity index (χ2n) is 16.6. The lowest BCUT2D eigenvalue weighted by Gasteiger charge is -2.44. The van der Waals surface area contributed by atoms with Gasteiger partial charge in [0, 0.05) is 81.4 Å². The van der Waals surface area contributed by atoms with Gasteiger partial charge in [-0.15, -0.1) is 0 Å². The lowest BCUT2D eigenvalue weighted by molar-refractivity contribution is -0.120. The van der Waals surface area contributed by atoms with E-state index in [0.717, 1.165) is 75.8 Å². The van der Waals surface area contributed by atoms with Gasteiger partial charge >= 0.3 is 6.03 Å². The molecule has 0 bridgehead atoms. The summed E-state index contributed by atoms with van der Waals surface area (Å²) in [6.07, 6.45) is 8.43. The number of nitrogens with zero attached hydrogens (tertiary/aromatic N) is 8. The number of likely N-dealkylation sites (tertiary alicyclic amines) is 1. The first-order chi connectivity index (χ1) is 29.5. The molecule has 61 heavy (non-hydrogen) atoms. The summed E-state index contributed by atoms with van der Waals surface area (Å²) in [6, 6.07) is 13.4. The summed E-state index contributed by atoms with van der Waals surface area (Å²) < 4.78 is 50.2. The minimum atomic E-state index is -0.638. The fraction of sp³-hybridized carbons (Fsp3) is 0.455. The van der Waals surface area contributed by atoms with Gasteiger partial charge in [0.1, 0.15) is 23.2 Å². The number of urea groups is 1. The second kappa shape index (κ2) is 16.8. The van der Waals surface area contributed by atoms with E-state index in [-0.39, 0.29) is 53.4 Å². The first kappa shape index (κ1) is 41.0. The third-order valence-electron chi connectivity index (χ3n) is 13.0. The number of aromatic nitrogens is 4. The van der Waals surface area contributed by atoms with Gasteiger partial charge in [-0.25, -0.2) is 22.9 Å². The van der Waals surface area contributed by atoms with Gasteiger partial charge in [0.2, 0.25) is 5.91 Å². The third-order valence-corrected chi connectivity index (χ3v) is 13.9. The van der Waals surface area contributed by atoms with Crippen LogP contribution in [0.3, 0.4) is 0 Å². The highest BCUT2D eigenvalue weighted by molar-refractivity contribution is 7.98. The average Bonchev–Trinajstić information content (AvgIpc) is 3.83. The summed E-state index contributed by atoms with van der Waals surface area (Å²) in [7, 11) is 3.70. The van der Waals surface area contributed by atoms with E-state index < -0.39 is 11.8 Å². The Morgan fingerprint density at radius 1 is 1.05 bits per heavy atom. The number of carbonyl (C=O) groups excluding carboxylic acids is 2. The standard InChI is InChI=1S/C44H48F2N10O4S/c1-4-53(2)61-52-35-12-10-33(45)41(32(35)23-47)60-29-9-11-36-37(19-29)49-38(24-48-36)27-22-44(59-25-27)14-17-55(18-15-44)28-7-5-26(6-8-28)30-21-39-31(20-34(30)46)42(51-54(39)3)56-16-13-40(57)50-43(56)58/h9-12,19-21,24,26-28,52H,4-8,13-18,22,25H2,1-3H3,(H,50,57,58). The molecule has 3 aliphatic heterocycles. The molecule has 17 heteroatoms. The largest absolute Gasteiger partial charge is 0.453 e. The smallest absolute Gasteiger partial charge is 0.329 e. The lowest BCUT2D eigenvalue weighted by atomic mass is 9.79.